The fraction of sp³-hybridized carbons (Fsp3) is 0.375. The Morgan fingerprint density at radius 1 is 1.24 bits per heavy atom. The lowest BCUT2D eigenvalue weighted by molar-refractivity contribution is -0.150. The number of benzene rings is 1. The Kier molecular flexibility index (Phi) is 6.15. The molecule has 0 aromatic heterocycles. The first-order chi connectivity index (χ1) is 9.67. The number of carbonyl (C=O) groups is 2. The lowest BCUT2D eigenvalue weighted by Crippen LogP contribution is -2.46. The van der Waals surface area contributed by atoms with E-state index in [-0.39, 0.29) is 11.4 Å². The first kappa shape index (κ1) is 17.4. The molecule has 21 heavy (non-hydrogen) atoms. The number of esters is 1. The minimum atomic E-state index is -0.828. The van der Waals surface area contributed by atoms with E-state index >= 15 is 0 Å². The van der Waals surface area contributed by atoms with Crippen molar-refractivity contribution in [2.75, 3.05) is 0 Å². The number of ether oxygens (including phenoxy) is 1. The second-order valence-corrected chi connectivity index (χ2v) is 6.62. The number of rotatable bonds is 4. The molecule has 0 unspecified atom stereocenters. The second-order valence-electron chi connectivity index (χ2n) is 5.70. The Morgan fingerprint density at radius 3 is 2.33 bits per heavy atom. The molecule has 0 aliphatic rings. The highest BCUT2D eigenvalue weighted by Crippen LogP contribution is 2.11. The van der Waals surface area contributed by atoms with E-state index in [1.54, 1.807) is 13.0 Å². The third kappa shape index (κ3) is 7.09. The average Bonchev–Trinajstić information content (AvgIpc) is 2.36. The molecule has 0 saturated carbocycles. The van der Waals surface area contributed by atoms with E-state index in [9.17, 15) is 9.59 Å². The van der Waals surface area contributed by atoms with Crippen LogP contribution in [0, 0.1) is 0 Å². The smallest absolute Gasteiger partial charge is 0.331 e. The summed E-state index contributed by atoms with van der Waals surface area (Å²) in [7, 11) is 0. The maximum atomic E-state index is 11.8. The van der Waals surface area contributed by atoms with E-state index in [0.29, 0.717) is 0 Å². The lowest BCUT2D eigenvalue weighted by atomic mass is 10.1. The van der Waals surface area contributed by atoms with Crippen LogP contribution in [0.5, 0.6) is 0 Å². The molecular formula is C16H20BrNO3. The van der Waals surface area contributed by atoms with Crippen LogP contribution in [-0.4, -0.2) is 23.5 Å². The first-order valence-corrected chi connectivity index (χ1v) is 7.43. The molecule has 0 fully saturated rings. The van der Waals surface area contributed by atoms with Crippen LogP contribution in [0.4, 0.5) is 0 Å². The zero-order valence-electron chi connectivity index (χ0n) is 12.6. The van der Waals surface area contributed by atoms with Crippen molar-refractivity contribution in [3.63, 3.8) is 0 Å². The molecule has 1 aromatic rings. The van der Waals surface area contributed by atoms with Gasteiger partial charge >= 0.3 is 5.97 Å². The quantitative estimate of drug-likeness (QED) is 0.667. The van der Waals surface area contributed by atoms with Crippen LogP contribution in [-0.2, 0) is 14.3 Å². The van der Waals surface area contributed by atoms with E-state index in [0.717, 1.165) is 10.0 Å². The molecule has 0 radical (unpaired) electrons. The van der Waals surface area contributed by atoms with Crippen LogP contribution in [0.3, 0.4) is 0 Å². The van der Waals surface area contributed by atoms with Crippen LogP contribution in [0.25, 0.3) is 6.08 Å². The zero-order chi connectivity index (χ0) is 16.0. The molecule has 1 amide bonds. The predicted octanol–water partition coefficient (Wildman–Crippen LogP) is 3.31. The molecule has 1 N–H and O–H groups in total. The summed E-state index contributed by atoms with van der Waals surface area (Å²) in [4.78, 5) is 23.5. The van der Waals surface area contributed by atoms with Gasteiger partial charge in [-0.15, -0.1) is 0 Å². The van der Waals surface area contributed by atoms with E-state index in [1.165, 1.54) is 6.08 Å². The molecule has 114 valence electrons. The number of amides is 1. The van der Waals surface area contributed by atoms with Gasteiger partial charge in [-0.2, -0.15) is 0 Å². The third-order valence-electron chi connectivity index (χ3n) is 2.44. The molecule has 1 atom stereocenters. The summed E-state index contributed by atoms with van der Waals surface area (Å²) < 4.78 is 6.02. The highest BCUT2D eigenvalue weighted by Gasteiger charge is 2.21. The van der Waals surface area contributed by atoms with E-state index < -0.39 is 12.1 Å². The van der Waals surface area contributed by atoms with Gasteiger partial charge in [-0.25, -0.2) is 4.79 Å². The second kappa shape index (κ2) is 7.41. The Balaban J connectivity index is 2.53. The van der Waals surface area contributed by atoms with E-state index in [4.69, 9.17) is 4.74 Å². The maximum Gasteiger partial charge on any atom is 0.331 e. The zero-order valence-corrected chi connectivity index (χ0v) is 14.2. The molecule has 0 aliphatic heterocycles. The fourth-order valence-corrected chi connectivity index (χ4v) is 1.74. The Bertz CT molecular complexity index is 529. The third-order valence-corrected chi connectivity index (χ3v) is 2.97. The predicted molar refractivity (Wildman–Crippen MR) is 86.6 cm³/mol. The van der Waals surface area contributed by atoms with Gasteiger partial charge in [0.25, 0.3) is 5.91 Å². The van der Waals surface area contributed by atoms with Crippen molar-refractivity contribution in [3.8, 4) is 0 Å². The van der Waals surface area contributed by atoms with Crippen molar-refractivity contribution in [2.24, 2.45) is 0 Å². The largest absolute Gasteiger partial charge is 0.449 e. The van der Waals surface area contributed by atoms with Gasteiger partial charge in [-0.1, -0.05) is 28.1 Å². The number of hydrogen-bond donors (Lipinski definition) is 1. The minimum Gasteiger partial charge on any atom is -0.449 e. The number of halogens is 1. The van der Waals surface area contributed by atoms with E-state index in [2.05, 4.69) is 21.2 Å². The molecule has 5 heteroatoms. The van der Waals surface area contributed by atoms with Gasteiger partial charge < -0.3 is 10.1 Å². The molecule has 1 aromatic carbocycles. The highest BCUT2D eigenvalue weighted by atomic mass is 79.9. The Labute approximate surface area is 133 Å². The summed E-state index contributed by atoms with van der Waals surface area (Å²) in [6, 6.07) is 7.49. The maximum absolute atomic E-state index is 11.8. The lowest BCUT2D eigenvalue weighted by Gasteiger charge is -2.22. The minimum absolute atomic E-state index is 0.312. The Morgan fingerprint density at radius 2 is 1.81 bits per heavy atom. The summed E-state index contributed by atoms with van der Waals surface area (Å²) in [5, 5.41) is 2.76. The van der Waals surface area contributed by atoms with Crippen molar-refractivity contribution in [1.29, 1.82) is 0 Å². The fourth-order valence-electron chi connectivity index (χ4n) is 1.48. The first-order valence-electron chi connectivity index (χ1n) is 6.64. The molecule has 4 nitrogen and oxygen atoms in total. The summed E-state index contributed by atoms with van der Waals surface area (Å²) in [6.07, 6.45) is 2.12. The van der Waals surface area contributed by atoms with E-state index in [1.807, 2.05) is 45.0 Å². The van der Waals surface area contributed by atoms with Crippen molar-refractivity contribution in [1.82, 2.24) is 5.32 Å². The van der Waals surface area contributed by atoms with Gasteiger partial charge in [0.2, 0.25) is 0 Å². The highest BCUT2D eigenvalue weighted by molar-refractivity contribution is 9.10. The molecular weight excluding hydrogens is 334 g/mol. The standard InChI is InChI=1S/C16H20BrNO3/c1-11(15(20)18-16(2,3)4)21-14(19)10-7-12-5-8-13(17)9-6-12/h5-11H,1-4H3,(H,18,20)/b10-7+/t11-/m1/s1. The molecule has 0 saturated heterocycles. The van der Waals surface area contributed by atoms with Gasteiger partial charge in [0.1, 0.15) is 0 Å². The molecule has 0 aliphatic carbocycles. The summed E-state index contributed by atoms with van der Waals surface area (Å²) >= 11 is 3.34. The van der Waals surface area contributed by atoms with Gasteiger partial charge in [0.15, 0.2) is 6.10 Å². The van der Waals surface area contributed by atoms with Crippen LogP contribution in [0.15, 0.2) is 34.8 Å². The molecule has 0 heterocycles. The van der Waals surface area contributed by atoms with Crippen molar-refractivity contribution >= 4 is 33.9 Å². The van der Waals surface area contributed by atoms with Crippen molar-refractivity contribution in [3.05, 3.63) is 40.4 Å². The van der Waals surface area contributed by atoms with Gasteiger partial charge in [0, 0.05) is 16.1 Å². The average molecular weight is 354 g/mol. The normalized spacial score (nSPS) is 13.0. The Hall–Kier alpha value is -1.62. The number of hydrogen-bond acceptors (Lipinski definition) is 3. The van der Waals surface area contributed by atoms with Crippen LogP contribution >= 0.6 is 15.9 Å². The van der Waals surface area contributed by atoms with Crippen molar-refractivity contribution < 1.29 is 14.3 Å². The number of nitrogens with one attached hydrogen (secondary N) is 1. The number of carbonyl (C=O) groups excluding carboxylic acids is 2. The summed E-state index contributed by atoms with van der Waals surface area (Å²) in [5.41, 5.74) is 0.521. The van der Waals surface area contributed by atoms with Crippen LogP contribution < -0.4 is 5.32 Å². The van der Waals surface area contributed by atoms with Gasteiger partial charge in [-0.3, -0.25) is 4.79 Å². The molecule has 1 rings (SSSR count). The van der Waals surface area contributed by atoms with Gasteiger partial charge in [-0.05, 0) is 51.5 Å². The van der Waals surface area contributed by atoms with Crippen molar-refractivity contribution in [2.45, 2.75) is 39.3 Å². The topological polar surface area (TPSA) is 55.4 Å². The van der Waals surface area contributed by atoms with Gasteiger partial charge in [0.05, 0.1) is 0 Å². The molecule has 0 bridgehead atoms. The van der Waals surface area contributed by atoms with Crippen LogP contribution in [0.1, 0.15) is 33.3 Å². The summed E-state index contributed by atoms with van der Waals surface area (Å²) in [5.74, 6) is -0.859. The monoisotopic (exact) mass is 353 g/mol. The summed E-state index contributed by atoms with van der Waals surface area (Å²) in [6.45, 7) is 7.15. The van der Waals surface area contributed by atoms with Crippen LogP contribution in [0.2, 0.25) is 0 Å². The molecule has 0 spiro atoms. The SMILES string of the molecule is C[C@@H](OC(=O)/C=C/c1ccc(Br)cc1)C(=O)NC(C)(C)C.